The molecule has 0 spiro atoms. The molecular formula is C36H67NO3. The summed E-state index contributed by atoms with van der Waals surface area (Å²) < 4.78 is 0. The SMILES string of the molecule is CCCC/C=C\C/C=C\CCCCCCCC(=O)NC(CO)C(O)/C=C/CCCCCCCCCCCCCC. The minimum absolute atomic E-state index is 0.0811. The van der Waals surface area contributed by atoms with Gasteiger partial charge in [0, 0.05) is 6.42 Å². The molecule has 0 aliphatic heterocycles. The maximum absolute atomic E-state index is 12.3. The predicted octanol–water partition coefficient (Wildman–Crippen LogP) is 9.90. The van der Waals surface area contributed by atoms with Gasteiger partial charge in [0.05, 0.1) is 18.8 Å². The Labute approximate surface area is 249 Å². The zero-order valence-corrected chi connectivity index (χ0v) is 26.6. The predicted molar refractivity (Wildman–Crippen MR) is 175 cm³/mol. The Morgan fingerprint density at radius 2 is 1.05 bits per heavy atom. The Hall–Kier alpha value is -1.39. The molecule has 0 aliphatic rings. The Morgan fingerprint density at radius 1 is 0.600 bits per heavy atom. The second-order valence-corrected chi connectivity index (χ2v) is 11.6. The highest BCUT2D eigenvalue weighted by Crippen LogP contribution is 2.13. The molecule has 1 amide bonds. The van der Waals surface area contributed by atoms with Crippen molar-refractivity contribution >= 4 is 5.91 Å². The molecule has 0 aromatic heterocycles. The zero-order valence-electron chi connectivity index (χ0n) is 26.6. The normalized spacial score (nSPS) is 13.6. The minimum Gasteiger partial charge on any atom is -0.394 e. The fraction of sp³-hybridized carbons (Fsp3) is 0.806. The van der Waals surface area contributed by atoms with E-state index in [9.17, 15) is 15.0 Å². The number of hydrogen-bond acceptors (Lipinski definition) is 3. The summed E-state index contributed by atoms with van der Waals surface area (Å²) in [7, 11) is 0. The van der Waals surface area contributed by atoms with Gasteiger partial charge in [-0.1, -0.05) is 153 Å². The van der Waals surface area contributed by atoms with E-state index >= 15 is 0 Å². The molecular weight excluding hydrogens is 494 g/mol. The lowest BCUT2D eigenvalue weighted by molar-refractivity contribution is -0.123. The summed E-state index contributed by atoms with van der Waals surface area (Å²) in [6.45, 7) is 4.24. The average Bonchev–Trinajstić information content (AvgIpc) is 2.96. The number of hydrogen-bond donors (Lipinski definition) is 3. The first kappa shape index (κ1) is 38.6. The molecule has 4 heteroatoms. The Kier molecular flexibility index (Phi) is 31.0. The first-order valence-corrected chi connectivity index (χ1v) is 17.2. The van der Waals surface area contributed by atoms with Crippen LogP contribution in [0.15, 0.2) is 36.5 Å². The van der Waals surface area contributed by atoms with Crippen LogP contribution in [0, 0.1) is 0 Å². The maximum atomic E-state index is 12.3. The minimum atomic E-state index is -0.842. The molecule has 0 aliphatic carbocycles. The van der Waals surface area contributed by atoms with E-state index in [2.05, 4.69) is 43.5 Å². The van der Waals surface area contributed by atoms with Crippen molar-refractivity contribution in [3.8, 4) is 0 Å². The molecule has 4 nitrogen and oxygen atoms in total. The third-order valence-corrected chi connectivity index (χ3v) is 7.62. The molecule has 0 fully saturated rings. The third-order valence-electron chi connectivity index (χ3n) is 7.62. The van der Waals surface area contributed by atoms with Gasteiger partial charge in [0.1, 0.15) is 0 Å². The summed E-state index contributed by atoms with van der Waals surface area (Å²) in [6, 6.07) is -0.626. The lowest BCUT2D eigenvalue weighted by atomic mass is 10.0. The molecule has 2 unspecified atom stereocenters. The highest BCUT2D eigenvalue weighted by Gasteiger charge is 2.17. The van der Waals surface area contributed by atoms with E-state index in [0.717, 1.165) is 44.9 Å². The lowest BCUT2D eigenvalue weighted by Gasteiger charge is -2.20. The van der Waals surface area contributed by atoms with Crippen LogP contribution in [-0.2, 0) is 4.79 Å². The Bertz CT molecular complexity index is 613. The Morgan fingerprint density at radius 3 is 1.57 bits per heavy atom. The molecule has 0 rings (SSSR count). The van der Waals surface area contributed by atoms with Crippen molar-refractivity contribution in [3.63, 3.8) is 0 Å². The van der Waals surface area contributed by atoms with Crippen LogP contribution in [0.3, 0.4) is 0 Å². The van der Waals surface area contributed by atoms with Gasteiger partial charge in [-0.2, -0.15) is 0 Å². The summed E-state index contributed by atoms with van der Waals surface area (Å²) in [5.41, 5.74) is 0. The van der Waals surface area contributed by atoms with Gasteiger partial charge in [-0.25, -0.2) is 0 Å². The second-order valence-electron chi connectivity index (χ2n) is 11.6. The molecule has 0 aromatic carbocycles. The summed E-state index contributed by atoms with van der Waals surface area (Å²) >= 11 is 0. The van der Waals surface area contributed by atoms with Gasteiger partial charge in [-0.3, -0.25) is 4.79 Å². The number of amides is 1. The van der Waals surface area contributed by atoms with E-state index in [-0.39, 0.29) is 12.5 Å². The van der Waals surface area contributed by atoms with E-state index in [1.807, 2.05) is 6.08 Å². The quantitative estimate of drug-likeness (QED) is 0.0603. The van der Waals surface area contributed by atoms with Gasteiger partial charge >= 0.3 is 0 Å². The van der Waals surface area contributed by atoms with Crippen LogP contribution in [0.25, 0.3) is 0 Å². The zero-order chi connectivity index (χ0) is 29.4. The van der Waals surface area contributed by atoms with Crippen molar-refractivity contribution in [1.29, 1.82) is 0 Å². The summed E-state index contributed by atoms with van der Waals surface area (Å²) in [4.78, 5) is 12.3. The van der Waals surface area contributed by atoms with Gasteiger partial charge in [0.25, 0.3) is 0 Å². The summed E-state index contributed by atoms with van der Waals surface area (Å²) in [5, 5.41) is 22.8. The van der Waals surface area contributed by atoms with Crippen molar-refractivity contribution in [2.45, 2.75) is 180 Å². The van der Waals surface area contributed by atoms with Gasteiger partial charge in [0.15, 0.2) is 0 Å². The van der Waals surface area contributed by atoms with E-state index < -0.39 is 12.1 Å². The van der Waals surface area contributed by atoms with Crippen LogP contribution in [0.5, 0.6) is 0 Å². The molecule has 0 aromatic rings. The first-order valence-electron chi connectivity index (χ1n) is 17.2. The van der Waals surface area contributed by atoms with Crippen LogP contribution in [0.1, 0.15) is 168 Å². The van der Waals surface area contributed by atoms with Gasteiger partial charge < -0.3 is 15.5 Å². The highest BCUT2D eigenvalue weighted by atomic mass is 16.3. The molecule has 40 heavy (non-hydrogen) atoms. The van der Waals surface area contributed by atoms with Crippen molar-refractivity contribution < 1.29 is 15.0 Å². The fourth-order valence-electron chi connectivity index (χ4n) is 4.90. The molecule has 0 heterocycles. The van der Waals surface area contributed by atoms with E-state index in [0.29, 0.717) is 6.42 Å². The number of carbonyl (C=O) groups is 1. The van der Waals surface area contributed by atoms with Crippen LogP contribution in [-0.4, -0.2) is 34.9 Å². The van der Waals surface area contributed by atoms with Crippen LogP contribution >= 0.6 is 0 Å². The largest absolute Gasteiger partial charge is 0.394 e. The third kappa shape index (κ3) is 28.1. The Balaban J connectivity index is 3.69. The van der Waals surface area contributed by atoms with E-state index in [1.165, 1.54) is 103 Å². The first-order chi connectivity index (χ1) is 19.7. The number of carbonyl (C=O) groups excluding carboxylic acids is 1. The number of rotatable bonds is 30. The average molecular weight is 562 g/mol. The number of unbranched alkanes of at least 4 members (excludes halogenated alkanes) is 19. The van der Waals surface area contributed by atoms with Crippen LogP contribution in [0.2, 0.25) is 0 Å². The number of allylic oxidation sites excluding steroid dienone is 5. The number of aliphatic hydroxyl groups excluding tert-OH is 2. The van der Waals surface area contributed by atoms with E-state index in [1.54, 1.807) is 6.08 Å². The molecule has 3 N–H and O–H groups in total. The molecule has 2 atom stereocenters. The molecule has 0 saturated carbocycles. The second kappa shape index (κ2) is 32.1. The fourth-order valence-corrected chi connectivity index (χ4v) is 4.90. The molecule has 0 saturated heterocycles. The van der Waals surface area contributed by atoms with Crippen LogP contribution < -0.4 is 5.32 Å². The maximum Gasteiger partial charge on any atom is 0.220 e. The van der Waals surface area contributed by atoms with Gasteiger partial charge in [-0.05, 0) is 44.9 Å². The van der Waals surface area contributed by atoms with Crippen molar-refractivity contribution in [2.75, 3.05) is 6.61 Å². The number of aliphatic hydroxyl groups is 2. The highest BCUT2D eigenvalue weighted by molar-refractivity contribution is 5.76. The summed E-state index contributed by atoms with van der Waals surface area (Å²) in [5.74, 6) is -0.0811. The lowest BCUT2D eigenvalue weighted by Crippen LogP contribution is -2.45. The summed E-state index contributed by atoms with van der Waals surface area (Å²) in [6.07, 6.45) is 40.7. The van der Waals surface area contributed by atoms with Gasteiger partial charge in [0.2, 0.25) is 5.91 Å². The topological polar surface area (TPSA) is 69.6 Å². The van der Waals surface area contributed by atoms with E-state index in [4.69, 9.17) is 0 Å². The van der Waals surface area contributed by atoms with Crippen molar-refractivity contribution in [1.82, 2.24) is 5.32 Å². The van der Waals surface area contributed by atoms with Crippen LogP contribution in [0.4, 0.5) is 0 Å². The molecule has 0 radical (unpaired) electrons. The standard InChI is InChI=1S/C36H67NO3/c1-3-5-7-9-11-13-15-17-19-21-23-25-27-29-31-35(39)34(33-38)37-36(40)32-30-28-26-24-22-20-18-16-14-12-10-8-6-4-2/h10,12,16,18,29,31,34-35,38-39H,3-9,11,13-15,17,19-28,30,32-33H2,1-2H3,(H,37,40)/b12-10-,18-16-,31-29+. The van der Waals surface area contributed by atoms with Gasteiger partial charge in [-0.15, -0.1) is 0 Å². The molecule has 234 valence electrons. The van der Waals surface area contributed by atoms with Crippen molar-refractivity contribution in [3.05, 3.63) is 36.5 Å². The smallest absolute Gasteiger partial charge is 0.220 e. The molecule has 0 bridgehead atoms. The van der Waals surface area contributed by atoms with Crippen molar-refractivity contribution in [2.24, 2.45) is 0 Å². The monoisotopic (exact) mass is 562 g/mol. The number of nitrogens with one attached hydrogen (secondary N) is 1.